The Morgan fingerprint density at radius 2 is 1.82 bits per heavy atom. The van der Waals surface area contributed by atoms with Crippen LogP contribution >= 0.6 is 11.3 Å². The minimum absolute atomic E-state index is 0.0812. The zero-order chi connectivity index (χ0) is 33.9. The van der Waals surface area contributed by atoms with Crippen LogP contribution in [0.15, 0.2) is 106 Å². The van der Waals surface area contributed by atoms with E-state index >= 15 is 0 Å². The zero-order valence-electron chi connectivity index (χ0n) is 26.5. The maximum atomic E-state index is 14.3. The third-order valence-corrected chi connectivity index (χ3v) is 9.08. The molecule has 5 aromatic rings. The fourth-order valence-corrected chi connectivity index (χ4v) is 6.80. The van der Waals surface area contributed by atoms with Gasteiger partial charge in [-0.1, -0.05) is 72.0 Å². The number of thiazole rings is 1. The van der Waals surface area contributed by atoms with Gasteiger partial charge in [0.25, 0.3) is 5.56 Å². The van der Waals surface area contributed by atoms with Crippen LogP contribution in [0.4, 0.5) is 0 Å². The lowest BCUT2D eigenvalue weighted by Gasteiger charge is -2.26. The van der Waals surface area contributed by atoms with E-state index in [4.69, 9.17) is 28.7 Å². The Labute approximate surface area is 285 Å². The van der Waals surface area contributed by atoms with Crippen molar-refractivity contribution in [2.45, 2.75) is 19.6 Å². The third-order valence-electron chi connectivity index (χ3n) is 8.09. The lowest BCUT2D eigenvalue weighted by atomic mass is 9.93. The van der Waals surface area contributed by atoms with Crippen molar-refractivity contribution in [2.75, 3.05) is 20.5 Å². The Kier molecular flexibility index (Phi) is 8.70. The molecule has 0 N–H and O–H groups in total. The second-order valence-corrected chi connectivity index (χ2v) is 12.0. The summed E-state index contributed by atoms with van der Waals surface area (Å²) in [5.74, 6) is 1.48. The number of carbonyl (C=O) groups excluding carboxylic acids is 1. The van der Waals surface area contributed by atoms with E-state index in [2.05, 4.69) is 6.07 Å². The van der Waals surface area contributed by atoms with E-state index in [0.29, 0.717) is 60.3 Å². The van der Waals surface area contributed by atoms with Crippen molar-refractivity contribution in [2.24, 2.45) is 4.99 Å². The topological polar surface area (TPSA) is 121 Å². The first-order valence-electron chi connectivity index (χ1n) is 15.5. The van der Waals surface area contributed by atoms with Crippen LogP contribution in [0.25, 0.3) is 11.8 Å². The van der Waals surface area contributed by atoms with E-state index in [-0.39, 0.29) is 31.1 Å². The predicted molar refractivity (Wildman–Crippen MR) is 182 cm³/mol. The Morgan fingerprint density at radius 3 is 2.61 bits per heavy atom. The van der Waals surface area contributed by atoms with Crippen LogP contribution in [0.3, 0.4) is 0 Å². The number of esters is 1. The van der Waals surface area contributed by atoms with Gasteiger partial charge in [-0.05, 0) is 54.5 Å². The number of ether oxygens (including phenoxy) is 5. The average molecular weight is 672 g/mol. The maximum absolute atomic E-state index is 14.3. The summed E-state index contributed by atoms with van der Waals surface area (Å²) in [5.41, 5.74) is 3.69. The molecule has 1 aromatic heterocycles. The molecule has 0 spiro atoms. The van der Waals surface area contributed by atoms with E-state index < -0.39 is 12.0 Å². The molecule has 49 heavy (non-hydrogen) atoms. The molecule has 0 saturated carbocycles. The van der Waals surface area contributed by atoms with Crippen molar-refractivity contribution in [1.82, 2.24) is 4.57 Å². The van der Waals surface area contributed by atoms with Gasteiger partial charge in [0.15, 0.2) is 27.8 Å². The maximum Gasteiger partial charge on any atom is 0.338 e. The number of fused-ring (bicyclic) bond motifs is 2. The number of methoxy groups -OCH3 is 1. The van der Waals surface area contributed by atoms with E-state index in [0.717, 1.165) is 5.56 Å². The van der Waals surface area contributed by atoms with E-state index in [9.17, 15) is 14.9 Å². The molecule has 4 aromatic carbocycles. The monoisotopic (exact) mass is 671 g/mol. The Balaban J connectivity index is 1.34. The number of rotatable bonds is 9. The molecule has 244 valence electrons. The van der Waals surface area contributed by atoms with Gasteiger partial charge in [-0.15, -0.1) is 0 Å². The first-order valence-corrected chi connectivity index (χ1v) is 16.3. The summed E-state index contributed by atoms with van der Waals surface area (Å²) in [6.45, 7) is 2.15. The first-order chi connectivity index (χ1) is 24.0. The van der Waals surface area contributed by atoms with Crippen LogP contribution in [-0.4, -0.2) is 31.0 Å². The predicted octanol–water partition coefficient (Wildman–Crippen LogP) is 5.12. The lowest BCUT2D eigenvalue weighted by Crippen LogP contribution is -2.40. The SMILES string of the molecule is CCOC(=O)C1=C(c2ccccc2)N=c2s/c(=C/c3ccc(OCc4ccccc4C#N)c(OC)c3)c(=O)n2[C@@H]1c1ccc2c(c1)OCO2. The average Bonchev–Trinajstić information content (AvgIpc) is 3.74. The molecule has 2 aliphatic rings. The molecule has 2 aliphatic heterocycles. The number of aromatic nitrogens is 1. The minimum Gasteiger partial charge on any atom is -0.493 e. The number of carbonyl (C=O) groups is 1. The molecule has 0 unspecified atom stereocenters. The normalized spacial score (nSPS) is 14.9. The first kappa shape index (κ1) is 31.5. The van der Waals surface area contributed by atoms with Crippen LogP contribution in [0.1, 0.15) is 40.8 Å². The second-order valence-electron chi connectivity index (χ2n) is 11.0. The number of hydrogen-bond donors (Lipinski definition) is 0. The number of nitriles is 1. The summed E-state index contributed by atoms with van der Waals surface area (Å²) in [7, 11) is 1.54. The van der Waals surface area contributed by atoms with Gasteiger partial charge in [0.05, 0.1) is 47.2 Å². The minimum atomic E-state index is -0.858. The van der Waals surface area contributed by atoms with E-state index in [1.165, 1.54) is 23.0 Å². The molecule has 10 nitrogen and oxygen atoms in total. The number of nitrogens with zero attached hydrogens (tertiary/aromatic N) is 3. The molecule has 0 aliphatic carbocycles. The highest BCUT2D eigenvalue weighted by Gasteiger charge is 2.36. The van der Waals surface area contributed by atoms with Crippen LogP contribution in [0.5, 0.6) is 23.0 Å². The zero-order valence-corrected chi connectivity index (χ0v) is 27.4. The Morgan fingerprint density at radius 1 is 1.02 bits per heavy atom. The van der Waals surface area contributed by atoms with Crippen molar-refractivity contribution in [3.63, 3.8) is 0 Å². The molecule has 0 saturated heterocycles. The molecule has 1 atom stereocenters. The lowest BCUT2D eigenvalue weighted by molar-refractivity contribution is -0.138. The number of benzene rings is 4. The van der Waals surface area contributed by atoms with Crippen LogP contribution in [0, 0.1) is 11.3 Å². The molecule has 0 fully saturated rings. The van der Waals surface area contributed by atoms with Crippen LogP contribution in [-0.2, 0) is 16.1 Å². The molecular formula is C38H29N3O7S. The molecule has 0 radical (unpaired) electrons. The molecule has 11 heteroatoms. The smallest absolute Gasteiger partial charge is 0.338 e. The summed E-state index contributed by atoms with van der Waals surface area (Å²) in [4.78, 5) is 33.4. The largest absolute Gasteiger partial charge is 0.493 e. The molecule has 3 heterocycles. The van der Waals surface area contributed by atoms with E-state index in [1.807, 2.05) is 54.6 Å². The van der Waals surface area contributed by atoms with Crippen LogP contribution < -0.4 is 33.8 Å². The van der Waals surface area contributed by atoms with Gasteiger partial charge < -0.3 is 23.7 Å². The highest BCUT2D eigenvalue weighted by atomic mass is 32.1. The summed E-state index contributed by atoms with van der Waals surface area (Å²) >= 11 is 1.22. The molecule has 0 bridgehead atoms. The van der Waals surface area contributed by atoms with Gasteiger partial charge in [0.2, 0.25) is 6.79 Å². The van der Waals surface area contributed by atoms with Crippen molar-refractivity contribution in [3.05, 3.63) is 144 Å². The molecule has 0 amide bonds. The fraction of sp³-hybridized carbons (Fsp3) is 0.158. The number of hydrogen-bond acceptors (Lipinski definition) is 10. The van der Waals surface area contributed by atoms with Gasteiger partial charge >= 0.3 is 5.97 Å². The van der Waals surface area contributed by atoms with Gasteiger partial charge in [-0.2, -0.15) is 5.26 Å². The van der Waals surface area contributed by atoms with Gasteiger partial charge in [0.1, 0.15) is 6.61 Å². The van der Waals surface area contributed by atoms with E-state index in [1.54, 1.807) is 49.4 Å². The second kappa shape index (κ2) is 13.5. The summed E-state index contributed by atoms with van der Waals surface area (Å²) in [6.07, 6.45) is 1.76. The Hall–Kier alpha value is -6.12. The summed E-state index contributed by atoms with van der Waals surface area (Å²) < 4.78 is 30.3. The van der Waals surface area contributed by atoms with Crippen molar-refractivity contribution in [3.8, 4) is 29.1 Å². The van der Waals surface area contributed by atoms with Crippen molar-refractivity contribution < 1.29 is 28.5 Å². The van der Waals surface area contributed by atoms with Crippen molar-refractivity contribution in [1.29, 1.82) is 5.26 Å². The van der Waals surface area contributed by atoms with Gasteiger partial charge in [0, 0.05) is 11.1 Å². The summed E-state index contributed by atoms with van der Waals surface area (Å²) in [5, 5.41) is 9.43. The highest BCUT2D eigenvalue weighted by molar-refractivity contribution is 7.07. The highest BCUT2D eigenvalue weighted by Crippen LogP contribution is 2.40. The van der Waals surface area contributed by atoms with Crippen LogP contribution in [0.2, 0.25) is 0 Å². The molecular weight excluding hydrogens is 642 g/mol. The fourth-order valence-electron chi connectivity index (χ4n) is 5.79. The molecule has 7 rings (SSSR count). The Bertz CT molecular complexity index is 2340. The van der Waals surface area contributed by atoms with Gasteiger partial charge in [-0.25, -0.2) is 9.79 Å². The van der Waals surface area contributed by atoms with Gasteiger partial charge in [-0.3, -0.25) is 9.36 Å². The standard InChI is InChI=1S/C38H29N3O7S/c1-3-45-37(43)33-34(24-9-5-4-6-10-24)40-38-41(35(33)25-14-16-29-31(19-25)48-22-47-29)36(42)32(49-38)18-23-13-15-28(30(17-23)44-2)46-21-27-12-8-7-11-26(27)20-39/h4-19,35H,3,21-22H2,1-2H3/b32-18+/t35-/m1/s1. The van der Waals surface area contributed by atoms with Crippen molar-refractivity contribution >= 4 is 29.1 Å². The third kappa shape index (κ3) is 6.06. The quantitative estimate of drug-likeness (QED) is 0.198. The summed E-state index contributed by atoms with van der Waals surface area (Å²) in [6, 6.07) is 28.7.